The minimum atomic E-state index is -1.82. The van der Waals surface area contributed by atoms with E-state index in [0.717, 1.165) is 38.2 Å². The number of fused-ring (bicyclic) bond motifs is 3. The van der Waals surface area contributed by atoms with E-state index in [0.29, 0.717) is 6.61 Å². The molecule has 0 fully saturated rings. The van der Waals surface area contributed by atoms with Crippen LogP contribution in [0.4, 0.5) is 0 Å². The van der Waals surface area contributed by atoms with Crippen LogP contribution in [0.5, 0.6) is 5.75 Å². The molecule has 0 saturated heterocycles. The summed E-state index contributed by atoms with van der Waals surface area (Å²) in [7, 11) is 0. The zero-order chi connectivity index (χ0) is 21.5. The number of nitrogens with one attached hydrogen (secondary N) is 1. The predicted molar refractivity (Wildman–Crippen MR) is 117 cm³/mol. The highest BCUT2D eigenvalue weighted by Crippen LogP contribution is 2.33. The Morgan fingerprint density at radius 3 is 2.40 bits per heavy atom. The smallest absolute Gasteiger partial charge is 0.414 e. The molecule has 3 N–H and O–H groups in total. The highest BCUT2D eigenvalue weighted by atomic mass is 79.9. The SMILES string of the molecule is Brc1cccc2c1c1c(n2CCOc2ccccc2)CCNCC1.O=C(O)C(=O)O. The van der Waals surface area contributed by atoms with Gasteiger partial charge in [-0.25, -0.2) is 9.59 Å². The molecule has 30 heavy (non-hydrogen) atoms. The topological polar surface area (TPSA) is 101 Å². The lowest BCUT2D eigenvalue weighted by molar-refractivity contribution is -0.159. The van der Waals surface area contributed by atoms with Crippen LogP contribution < -0.4 is 10.1 Å². The lowest BCUT2D eigenvalue weighted by Gasteiger charge is -2.12. The molecule has 3 aromatic rings. The fourth-order valence-corrected chi connectivity index (χ4v) is 4.21. The molecule has 1 aliphatic heterocycles. The summed E-state index contributed by atoms with van der Waals surface area (Å²) in [6.45, 7) is 3.64. The van der Waals surface area contributed by atoms with E-state index in [1.165, 1.54) is 26.6 Å². The molecule has 0 spiro atoms. The molecular weight excluding hydrogens is 452 g/mol. The summed E-state index contributed by atoms with van der Waals surface area (Å²) in [6.07, 6.45) is 2.16. The molecule has 0 atom stereocenters. The maximum Gasteiger partial charge on any atom is 0.414 e. The Kier molecular flexibility index (Phi) is 7.48. The van der Waals surface area contributed by atoms with Crippen molar-refractivity contribution in [3.05, 3.63) is 64.3 Å². The van der Waals surface area contributed by atoms with Crippen LogP contribution in [0, 0.1) is 0 Å². The van der Waals surface area contributed by atoms with Gasteiger partial charge in [0.2, 0.25) is 0 Å². The Morgan fingerprint density at radius 2 is 1.70 bits per heavy atom. The second kappa shape index (κ2) is 10.3. The lowest BCUT2D eigenvalue weighted by atomic mass is 10.1. The number of hydrogen-bond donors (Lipinski definition) is 3. The largest absolute Gasteiger partial charge is 0.492 e. The van der Waals surface area contributed by atoms with Crippen LogP contribution in [0.1, 0.15) is 11.3 Å². The van der Waals surface area contributed by atoms with Gasteiger partial charge in [-0.2, -0.15) is 0 Å². The number of aromatic nitrogens is 1. The molecule has 158 valence electrons. The van der Waals surface area contributed by atoms with Gasteiger partial charge in [-0.1, -0.05) is 40.2 Å². The average molecular weight is 475 g/mol. The first-order chi connectivity index (χ1) is 14.5. The summed E-state index contributed by atoms with van der Waals surface area (Å²) < 4.78 is 9.58. The van der Waals surface area contributed by atoms with E-state index < -0.39 is 11.9 Å². The normalized spacial score (nSPS) is 13.0. The van der Waals surface area contributed by atoms with Crippen LogP contribution >= 0.6 is 15.9 Å². The molecule has 0 amide bonds. The maximum atomic E-state index is 9.10. The van der Waals surface area contributed by atoms with Crippen LogP contribution in [0.2, 0.25) is 0 Å². The van der Waals surface area contributed by atoms with Gasteiger partial charge in [0.05, 0.1) is 6.54 Å². The number of para-hydroxylation sites is 1. The van der Waals surface area contributed by atoms with Gasteiger partial charge in [-0.05, 0) is 42.8 Å². The van der Waals surface area contributed by atoms with E-state index in [1.54, 1.807) is 0 Å². The fourth-order valence-electron chi connectivity index (χ4n) is 3.62. The first kappa shape index (κ1) is 21.9. The highest BCUT2D eigenvalue weighted by Gasteiger charge is 2.20. The second-order valence-electron chi connectivity index (χ2n) is 6.73. The van der Waals surface area contributed by atoms with Gasteiger partial charge in [0, 0.05) is 34.0 Å². The van der Waals surface area contributed by atoms with Gasteiger partial charge in [-0.15, -0.1) is 0 Å². The van der Waals surface area contributed by atoms with Gasteiger partial charge in [0.25, 0.3) is 0 Å². The zero-order valence-corrected chi connectivity index (χ0v) is 17.9. The maximum absolute atomic E-state index is 9.10. The lowest BCUT2D eigenvalue weighted by Crippen LogP contribution is -2.18. The van der Waals surface area contributed by atoms with Crippen LogP contribution in [-0.4, -0.2) is 46.4 Å². The van der Waals surface area contributed by atoms with Crippen LogP contribution in [0.3, 0.4) is 0 Å². The van der Waals surface area contributed by atoms with Crippen molar-refractivity contribution in [2.24, 2.45) is 0 Å². The van der Waals surface area contributed by atoms with E-state index >= 15 is 0 Å². The zero-order valence-electron chi connectivity index (χ0n) is 16.3. The molecule has 2 heterocycles. The van der Waals surface area contributed by atoms with Crippen molar-refractivity contribution in [3.63, 3.8) is 0 Å². The van der Waals surface area contributed by atoms with Crippen LogP contribution in [-0.2, 0) is 29.0 Å². The third-order valence-corrected chi connectivity index (χ3v) is 5.52. The fraction of sp³-hybridized carbons (Fsp3) is 0.273. The molecule has 8 heteroatoms. The van der Waals surface area contributed by atoms with E-state index in [4.69, 9.17) is 24.5 Å². The molecule has 0 saturated carbocycles. The summed E-state index contributed by atoms with van der Waals surface area (Å²) in [5.41, 5.74) is 4.26. The number of carbonyl (C=O) groups is 2. The summed E-state index contributed by atoms with van der Waals surface area (Å²) >= 11 is 3.75. The van der Waals surface area contributed by atoms with Crippen molar-refractivity contribution < 1.29 is 24.5 Å². The van der Waals surface area contributed by atoms with Crippen LogP contribution in [0.15, 0.2) is 53.0 Å². The van der Waals surface area contributed by atoms with Crippen molar-refractivity contribution in [2.75, 3.05) is 19.7 Å². The molecule has 1 aromatic heterocycles. The van der Waals surface area contributed by atoms with E-state index in [9.17, 15) is 0 Å². The summed E-state index contributed by atoms with van der Waals surface area (Å²) in [4.78, 5) is 18.2. The van der Waals surface area contributed by atoms with E-state index in [-0.39, 0.29) is 0 Å². The molecule has 0 radical (unpaired) electrons. The number of hydrogen-bond acceptors (Lipinski definition) is 4. The van der Waals surface area contributed by atoms with Crippen LogP contribution in [0.25, 0.3) is 10.9 Å². The standard InChI is InChI=1S/C20H21BrN2O.C2H2O4/c21-17-7-4-8-19-20(17)16-9-11-22-12-10-18(16)23(19)13-14-24-15-5-2-1-3-6-15;3-1(4)2(5)6/h1-8,22H,9-14H2;(H,3,4)(H,5,6). The summed E-state index contributed by atoms with van der Waals surface area (Å²) in [6, 6.07) is 16.5. The Morgan fingerprint density at radius 1 is 1.00 bits per heavy atom. The molecule has 0 unspecified atom stereocenters. The van der Waals surface area contributed by atoms with Crippen molar-refractivity contribution >= 4 is 38.8 Å². The van der Waals surface area contributed by atoms with E-state index in [1.807, 2.05) is 30.3 Å². The molecule has 7 nitrogen and oxygen atoms in total. The van der Waals surface area contributed by atoms with Gasteiger partial charge in [-0.3, -0.25) is 0 Å². The molecule has 4 rings (SSSR count). The first-order valence-electron chi connectivity index (χ1n) is 9.62. The number of carboxylic acids is 2. The Balaban J connectivity index is 0.000000377. The monoisotopic (exact) mass is 474 g/mol. The quantitative estimate of drug-likeness (QED) is 0.501. The molecular formula is C22H23BrN2O5. The minimum absolute atomic E-state index is 0.681. The molecule has 0 aliphatic carbocycles. The minimum Gasteiger partial charge on any atom is -0.492 e. The number of halogens is 1. The number of benzene rings is 2. The third kappa shape index (κ3) is 5.20. The van der Waals surface area contributed by atoms with Crippen molar-refractivity contribution in [2.45, 2.75) is 19.4 Å². The number of rotatable bonds is 4. The number of carboxylic acid groups (broad SMARTS) is 2. The summed E-state index contributed by atoms with van der Waals surface area (Å²) in [5.74, 6) is -2.71. The van der Waals surface area contributed by atoms with E-state index in [2.05, 4.69) is 44.0 Å². The Bertz CT molecular complexity index is 1020. The Labute approximate surface area is 182 Å². The highest BCUT2D eigenvalue weighted by molar-refractivity contribution is 9.10. The summed E-state index contributed by atoms with van der Waals surface area (Å²) in [5, 5.41) is 19.7. The molecule has 0 bridgehead atoms. The van der Waals surface area contributed by atoms with Gasteiger partial charge < -0.3 is 24.8 Å². The third-order valence-electron chi connectivity index (χ3n) is 4.86. The predicted octanol–water partition coefficient (Wildman–Crippen LogP) is 3.33. The number of ether oxygens (including phenoxy) is 1. The average Bonchev–Trinajstić information content (AvgIpc) is 2.88. The van der Waals surface area contributed by atoms with Gasteiger partial charge in [0.15, 0.2) is 0 Å². The molecule has 1 aliphatic rings. The Hall–Kier alpha value is -2.84. The van der Waals surface area contributed by atoms with Crippen molar-refractivity contribution in [3.8, 4) is 5.75 Å². The van der Waals surface area contributed by atoms with Crippen molar-refractivity contribution in [1.29, 1.82) is 0 Å². The van der Waals surface area contributed by atoms with Gasteiger partial charge >= 0.3 is 11.9 Å². The van der Waals surface area contributed by atoms with Crippen molar-refractivity contribution in [1.82, 2.24) is 9.88 Å². The number of nitrogens with zero attached hydrogens (tertiary/aromatic N) is 1. The van der Waals surface area contributed by atoms with Gasteiger partial charge in [0.1, 0.15) is 12.4 Å². The number of aliphatic carboxylic acids is 2. The second-order valence-corrected chi connectivity index (χ2v) is 7.59. The first-order valence-corrected chi connectivity index (χ1v) is 10.4. The molecule has 2 aromatic carbocycles.